The van der Waals surface area contributed by atoms with Crippen LogP contribution in [0.4, 0.5) is 0 Å². The molecule has 1 atom stereocenters. The van der Waals surface area contributed by atoms with Gasteiger partial charge in [0, 0.05) is 13.2 Å². The van der Waals surface area contributed by atoms with Crippen LogP contribution in [-0.4, -0.2) is 29.1 Å². The Kier molecular flexibility index (Phi) is 5.61. The maximum absolute atomic E-state index is 6.16. The van der Waals surface area contributed by atoms with E-state index in [1.165, 1.54) is 12.8 Å². The Morgan fingerprint density at radius 2 is 2.14 bits per heavy atom. The molecule has 2 rings (SSSR count). The zero-order chi connectivity index (χ0) is 15.3. The Labute approximate surface area is 126 Å². The van der Waals surface area contributed by atoms with Gasteiger partial charge in [0.15, 0.2) is 5.75 Å². The van der Waals surface area contributed by atoms with Crippen LogP contribution in [0.3, 0.4) is 0 Å². The third-order valence-corrected chi connectivity index (χ3v) is 4.35. The Morgan fingerprint density at radius 1 is 1.43 bits per heavy atom. The molecule has 1 heterocycles. The van der Waals surface area contributed by atoms with Crippen molar-refractivity contribution in [3.63, 3.8) is 0 Å². The summed E-state index contributed by atoms with van der Waals surface area (Å²) in [6.45, 7) is 5.70. The van der Waals surface area contributed by atoms with Gasteiger partial charge in [-0.05, 0) is 26.2 Å². The highest BCUT2D eigenvalue weighted by atomic mass is 16.5. The lowest BCUT2D eigenvalue weighted by atomic mass is 9.89. The molecule has 0 amide bonds. The molecule has 0 spiro atoms. The quantitative estimate of drug-likeness (QED) is 0.568. The van der Waals surface area contributed by atoms with Gasteiger partial charge in [0.2, 0.25) is 0 Å². The molecule has 120 valence electrons. The van der Waals surface area contributed by atoms with Crippen molar-refractivity contribution in [2.45, 2.75) is 64.1 Å². The van der Waals surface area contributed by atoms with Crippen LogP contribution < -0.4 is 16.0 Å². The van der Waals surface area contributed by atoms with Crippen molar-refractivity contribution in [2.75, 3.05) is 13.7 Å². The number of aryl methyl sites for hydroxylation is 1. The summed E-state index contributed by atoms with van der Waals surface area (Å²) in [6, 6.07) is -0.107. The monoisotopic (exact) mass is 296 g/mol. The molecule has 1 aliphatic carbocycles. The fourth-order valence-electron chi connectivity index (χ4n) is 3.47. The molecule has 6 heteroatoms. The molecule has 1 unspecified atom stereocenters. The smallest absolute Gasteiger partial charge is 0.161 e. The molecule has 1 aromatic rings. The number of ether oxygens (including phenoxy) is 2. The highest BCUT2D eigenvalue weighted by Crippen LogP contribution is 2.44. The van der Waals surface area contributed by atoms with Crippen molar-refractivity contribution in [3.8, 4) is 5.75 Å². The van der Waals surface area contributed by atoms with Crippen molar-refractivity contribution >= 4 is 0 Å². The van der Waals surface area contributed by atoms with Crippen LogP contribution in [0.1, 0.15) is 57.7 Å². The number of nitrogens with zero attached hydrogens (tertiary/aromatic N) is 2. The normalized spacial score (nSPS) is 18.9. The molecule has 3 N–H and O–H groups in total. The van der Waals surface area contributed by atoms with E-state index in [1.54, 1.807) is 13.3 Å². The number of hydrogen-bond acceptors (Lipinski definition) is 5. The zero-order valence-electron chi connectivity index (χ0n) is 13.4. The second-order valence-corrected chi connectivity index (χ2v) is 5.63. The average Bonchev–Trinajstić information content (AvgIpc) is 3.10. The summed E-state index contributed by atoms with van der Waals surface area (Å²) in [4.78, 5) is 0. The van der Waals surface area contributed by atoms with Crippen LogP contribution in [0.2, 0.25) is 0 Å². The van der Waals surface area contributed by atoms with Crippen molar-refractivity contribution in [2.24, 2.45) is 5.84 Å². The van der Waals surface area contributed by atoms with E-state index in [-0.39, 0.29) is 11.6 Å². The number of hydrazine groups is 1. The fraction of sp³-hybridized carbons (Fsp3) is 0.800. The molecule has 0 aliphatic heterocycles. The van der Waals surface area contributed by atoms with E-state index >= 15 is 0 Å². The Bertz CT molecular complexity index is 441. The van der Waals surface area contributed by atoms with Crippen LogP contribution in [0.5, 0.6) is 5.75 Å². The molecule has 0 aromatic carbocycles. The first kappa shape index (κ1) is 16.3. The molecule has 1 aromatic heterocycles. The zero-order valence-corrected chi connectivity index (χ0v) is 13.4. The van der Waals surface area contributed by atoms with E-state index in [0.717, 1.165) is 37.3 Å². The van der Waals surface area contributed by atoms with Gasteiger partial charge in [0.25, 0.3) is 0 Å². The largest absolute Gasteiger partial charge is 0.493 e. The third-order valence-electron chi connectivity index (χ3n) is 4.35. The van der Waals surface area contributed by atoms with Crippen molar-refractivity contribution in [1.82, 2.24) is 15.2 Å². The first-order chi connectivity index (χ1) is 10.2. The second-order valence-electron chi connectivity index (χ2n) is 5.63. The van der Waals surface area contributed by atoms with Gasteiger partial charge in [0.1, 0.15) is 5.69 Å². The molecule has 1 saturated carbocycles. The number of methoxy groups -OCH3 is 1. The summed E-state index contributed by atoms with van der Waals surface area (Å²) < 4.78 is 13.7. The molecule has 1 aliphatic rings. The van der Waals surface area contributed by atoms with Crippen LogP contribution in [-0.2, 0) is 11.3 Å². The van der Waals surface area contributed by atoms with Crippen LogP contribution in [0, 0.1) is 0 Å². The van der Waals surface area contributed by atoms with Gasteiger partial charge >= 0.3 is 0 Å². The summed E-state index contributed by atoms with van der Waals surface area (Å²) in [5.41, 5.74) is 3.72. The average molecular weight is 296 g/mol. The van der Waals surface area contributed by atoms with E-state index < -0.39 is 0 Å². The lowest BCUT2D eigenvalue weighted by Gasteiger charge is -2.37. The molecule has 0 saturated heterocycles. The summed E-state index contributed by atoms with van der Waals surface area (Å²) in [5, 5.41) is 4.45. The predicted octanol–water partition coefficient (Wildman–Crippen LogP) is 2.16. The minimum Gasteiger partial charge on any atom is -0.493 e. The summed E-state index contributed by atoms with van der Waals surface area (Å²) in [6.07, 6.45) is 7.14. The number of aromatic nitrogens is 2. The Balaban J connectivity index is 2.41. The van der Waals surface area contributed by atoms with E-state index in [0.29, 0.717) is 6.61 Å². The molecular formula is C15H28N4O2. The van der Waals surface area contributed by atoms with Gasteiger partial charge in [0.05, 0.1) is 24.9 Å². The van der Waals surface area contributed by atoms with E-state index in [1.807, 2.05) is 11.6 Å². The number of hydrogen-bond donors (Lipinski definition) is 2. The molecule has 21 heavy (non-hydrogen) atoms. The third kappa shape index (κ3) is 3.07. The van der Waals surface area contributed by atoms with Gasteiger partial charge in [-0.2, -0.15) is 5.10 Å². The van der Waals surface area contributed by atoms with Crippen LogP contribution >= 0.6 is 0 Å². The highest BCUT2D eigenvalue weighted by molar-refractivity contribution is 5.31. The van der Waals surface area contributed by atoms with Gasteiger partial charge < -0.3 is 9.47 Å². The summed E-state index contributed by atoms with van der Waals surface area (Å²) >= 11 is 0. The Morgan fingerprint density at radius 3 is 2.67 bits per heavy atom. The predicted molar refractivity (Wildman–Crippen MR) is 82.0 cm³/mol. The van der Waals surface area contributed by atoms with Crippen molar-refractivity contribution in [1.29, 1.82) is 0 Å². The van der Waals surface area contributed by atoms with Gasteiger partial charge in [-0.1, -0.05) is 19.8 Å². The maximum atomic E-state index is 6.16. The number of nitrogens with one attached hydrogen (secondary N) is 1. The second kappa shape index (κ2) is 7.24. The van der Waals surface area contributed by atoms with Crippen molar-refractivity contribution in [3.05, 3.63) is 11.9 Å². The topological polar surface area (TPSA) is 74.3 Å². The van der Waals surface area contributed by atoms with E-state index in [4.69, 9.17) is 15.3 Å². The van der Waals surface area contributed by atoms with E-state index in [2.05, 4.69) is 17.4 Å². The lowest BCUT2D eigenvalue weighted by molar-refractivity contribution is -0.0650. The first-order valence-corrected chi connectivity index (χ1v) is 7.92. The Hall–Kier alpha value is -1.11. The summed E-state index contributed by atoms with van der Waals surface area (Å²) in [7, 11) is 1.67. The molecule has 0 bridgehead atoms. The molecular weight excluding hydrogens is 268 g/mol. The number of rotatable bonds is 8. The minimum atomic E-state index is -0.262. The maximum Gasteiger partial charge on any atom is 0.161 e. The fourth-order valence-corrected chi connectivity index (χ4v) is 3.47. The van der Waals surface area contributed by atoms with Crippen molar-refractivity contribution < 1.29 is 9.47 Å². The first-order valence-electron chi connectivity index (χ1n) is 7.92. The SMILES string of the molecule is CCCn1ncc(OC)c1C(NN)C1(OCC)CCCC1. The van der Waals surface area contributed by atoms with Crippen LogP contribution in [0.15, 0.2) is 6.20 Å². The van der Waals surface area contributed by atoms with E-state index in [9.17, 15) is 0 Å². The van der Waals surface area contributed by atoms with Gasteiger partial charge in [-0.25, -0.2) is 5.43 Å². The standard InChI is InChI=1S/C15H28N4O2/c1-4-10-19-13(12(20-3)11-17-19)14(18-16)15(21-5-2)8-6-7-9-15/h11,14,18H,4-10,16H2,1-3H3. The highest BCUT2D eigenvalue weighted by Gasteiger charge is 2.45. The molecule has 1 fully saturated rings. The summed E-state index contributed by atoms with van der Waals surface area (Å²) in [5.74, 6) is 6.70. The van der Waals surface area contributed by atoms with Gasteiger partial charge in [-0.3, -0.25) is 10.5 Å². The van der Waals surface area contributed by atoms with Crippen LogP contribution in [0.25, 0.3) is 0 Å². The lowest BCUT2D eigenvalue weighted by Crippen LogP contribution is -2.48. The number of nitrogens with two attached hydrogens (primary N) is 1. The van der Waals surface area contributed by atoms with Gasteiger partial charge in [-0.15, -0.1) is 0 Å². The molecule has 0 radical (unpaired) electrons. The minimum absolute atomic E-state index is 0.107. The molecule has 6 nitrogen and oxygen atoms in total.